The van der Waals surface area contributed by atoms with Crippen LogP contribution in [0.3, 0.4) is 0 Å². The number of nitrogens with zero attached hydrogens (tertiary/aromatic N) is 3. The minimum atomic E-state index is -0.598. The van der Waals surface area contributed by atoms with Crippen molar-refractivity contribution >= 4 is 52.1 Å². The summed E-state index contributed by atoms with van der Waals surface area (Å²) in [5, 5.41) is 16.9. The molecular formula is C20H21Cl2N5O4. The van der Waals surface area contributed by atoms with E-state index in [1.54, 1.807) is 24.3 Å². The second-order valence-corrected chi connectivity index (χ2v) is 7.87. The molecule has 2 N–H and O–H groups in total. The van der Waals surface area contributed by atoms with Crippen LogP contribution in [0.25, 0.3) is 0 Å². The lowest BCUT2D eigenvalue weighted by Gasteiger charge is -2.33. The van der Waals surface area contributed by atoms with Crippen molar-refractivity contribution in [2.45, 2.75) is 0 Å². The lowest BCUT2D eigenvalue weighted by Crippen LogP contribution is -2.50. The molecule has 1 fully saturated rings. The highest BCUT2D eigenvalue weighted by Gasteiger charge is 2.21. The standard InChI is InChI=1S/C20H21Cl2N5O4/c21-15-3-1-2-4-17(15)24-20(29)13-26-9-7-25(8-10-26)12-19(28)23-14-5-6-16(22)18(11-14)27(30)31/h1-6,11H,7-10,12-13H2,(H,23,28)(H,24,29). The van der Waals surface area contributed by atoms with Crippen molar-refractivity contribution in [3.63, 3.8) is 0 Å². The molecule has 2 aromatic carbocycles. The topological polar surface area (TPSA) is 108 Å². The highest BCUT2D eigenvalue weighted by molar-refractivity contribution is 6.33. The summed E-state index contributed by atoms with van der Waals surface area (Å²) in [7, 11) is 0. The number of rotatable bonds is 7. The van der Waals surface area contributed by atoms with Crippen LogP contribution in [-0.2, 0) is 9.59 Å². The summed E-state index contributed by atoms with van der Waals surface area (Å²) in [6.07, 6.45) is 0. The Morgan fingerprint density at radius 3 is 2.06 bits per heavy atom. The minimum Gasteiger partial charge on any atom is -0.325 e. The molecule has 3 rings (SSSR count). The van der Waals surface area contributed by atoms with Gasteiger partial charge in [0.25, 0.3) is 5.69 Å². The molecule has 0 aliphatic carbocycles. The van der Waals surface area contributed by atoms with Gasteiger partial charge in [-0.2, -0.15) is 0 Å². The molecule has 2 amide bonds. The van der Waals surface area contributed by atoms with Crippen LogP contribution in [0.2, 0.25) is 10.0 Å². The molecule has 31 heavy (non-hydrogen) atoms. The van der Waals surface area contributed by atoms with Crippen LogP contribution in [-0.4, -0.2) is 65.8 Å². The summed E-state index contributed by atoms with van der Waals surface area (Å²) >= 11 is 11.8. The molecule has 2 aromatic rings. The summed E-state index contributed by atoms with van der Waals surface area (Å²) in [5.41, 5.74) is 0.631. The fourth-order valence-electron chi connectivity index (χ4n) is 3.19. The molecule has 11 heteroatoms. The lowest BCUT2D eigenvalue weighted by molar-refractivity contribution is -0.384. The van der Waals surface area contributed by atoms with Crippen molar-refractivity contribution in [1.29, 1.82) is 0 Å². The third kappa shape index (κ3) is 6.63. The number of carbonyl (C=O) groups excluding carboxylic acids is 2. The summed E-state index contributed by atoms with van der Waals surface area (Å²) < 4.78 is 0. The number of para-hydroxylation sites is 1. The van der Waals surface area contributed by atoms with Crippen LogP contribution >= 0.6 is 23.2 Å². The molecule has 1 heterocycles. The van der Waals surface area contributed by atoms with Gasteiger partial charge in [-0.05, 0) is 24.3 Å². The number of halogens is 2. The molecule has 0 bridgehead atoms. The predicted molar refractivity (Wildman–Crippen MR) is 120 cm³/mol. The summed E-state index contributed by atoms with van der Waals surface area (Å²) in [6, 6.07) is 11.2. The van der Waals surface area contributed by atoms with Crippen LogP contribution < -0.4 is 10.6 Å². The predicted octanol–water partition coefficient (Wildman–Crippen LogP) is 3.10. The maximum absolute atomic E-state index is 12.3. The van der Waals surface area contributed by atoms with Gasteiger partial charge in [-0.15, -0.1) is 0 Å². The normalized spacial score (nSPS) is 14.8. The van der Waals surface area contributed by atoms with Gasteiger partial charge in [0.1, 0.15) is 5.02 Å². The number of carbonyl (C=O) groups is 2. The van der Waals surface area contributed by atoms with Crippen molar-refractivity contribution in [1.82, 2.24) is 9.80 Å². The minimum absolute atomic E-state index is 0.0118. The van der Waals surface area contributed by atoms with E-state index in [0.29, 0.717) is 42.6 Å². The molecule has 1 aliphatic rings. The van der Waals surface area contributed by atoms with Crippen LogP contribution in [0.4, 0.5) is 17.1 Å². The Morgan fingerprint density at radius 1 is 0.903 bits per heavy atom. The van der Waals surface area contributed by atoms with Gasteiger partial charge in [0.05, 0.1) is 28.7 Å². The number of nitro benzene ring substituents is 1. The first-order chi connectivity index (χ1) is 14.8. The quantitative estimate of drug-likeness (QED) is 0.480. The van der Waals surface area contributed by atoms with Gasteiger partial charge in [-0.25, -0.2) is 0 Å². The zero-order chi connectivity index (χ0) is 22.4. The second-order valence-electron chi connectivity index (χ2n) is 7.05. The average molecular weight is 466 g/mol. The van der Waals surface area contributed by atoms with Crippen molar-refractivity contribution in [3.8, 4) is 0 Å². The maximum atomic E-state index is 12.3. The van der Waals surface area contributed by atoms with Crippen LogP contribution in [0.5, 0.6) is 0 Å². The third-order valence-electron chi connectivity index (χ3n) is 4.77. The smallest absolute Gasteiger partial charge is 0.289 e. The molecule has 0 atom stereocenters. The molecule has 1 aliphatic heterocycles. The van der Waals surface area contributed by atoms with E-state index in [0.717, 1.165) is 0 Å². The first-order valence-corrected chi connectivity index (χ1v) is 10.3. The zero-order valence-corrected chi connectivity index (χ0v) is 18.0. The molecular weight excluding hydrogens is 445 g/mol. The third-order valence-corrected chi connectivity index (χ3v) is 5.42. The van der Waals surface area contributed by atoms with Gasteiger partial charge in [-0.3, -0.25) is 29.5 Å². The Kier molecular flexibility index (Phi) is 7.80. The summed E-state index contributed by atoms with van der Waals surface area (Å²) in [5.74, 6) is -0.426. The highest BCUT2D eigenvalue weighted by atomic mass is 35.5. The number of nitrogens with one attached hydrogen (secondary N) is 2. The number of benzene rings is 2. The van der Waals surface area contributed by atoms with Gasteiger partial charge >= 0.3 is 0 Å². The van der Waals surface area contributed by atoms with E-state index in [4.69, 9.17) is 23.2 Å². The van der Waals surface area contributed by atoms with Gasteiger partial charge in [0.2, 0.25) is 11.8 Å². The highest BCUT2D eigenvalue weighted by Crippen LogP contribution is 2.27. The average Bonchev–Trinajstić information content (AvgIpc) is 2.72. The van der Waals surface area contributed by atoms with E-state index in [1.165, 1.54) is 18.2 Å². The van der Waals surface area contributed by atoms with Crippen LogP contribution in [0.15, 0.2) is 42.5 Å². The Bertz CT molecular complexity index is 980. The number of nitro groups is 1. The second kappa shape index (κ2) is 10.5. The van der Waals surface area contributed by atoms with Gasteiger partial charge in [-0.1, -0.05) is 35.3 Å². The molecule has 9 nitrogen and oxygen atoms in total. The zero-order valence-electron chi connectivity index (χ0n) is 16.5. The Labute approximate surface area is 189 Å². The molecule has 0 unspecified atom stereocenters. The fraction of sp³-hybridized carbons (Fsp3) is 0.300. The Morgan fingerprint density at radius 2 is 1.48 bits per heavy atom. The fourth-order valence-corrected chi connectivity index (χ4v) is 3.56. The Balaban J connectivity index is 1.43. The van der Waals surface area contributed by atoms with Crippen LogP contribution in [0.1, 0.15) is 0 Å². The molecule has 1 saturated heterocycles. The van der Waals surface area contributed by atoms with Crippen molar-refractivity contribution in [2.75, 3.05) is 49.9 Å². The van der Waals surface area contributed by atoms with E-state index in [-0.39, 0.29) is 35.6 Å². The summed E-state index contributed by atoms with van der Waals surface area (Å²) in [6.45, 7) is 2.89. The molecule has 164 valence electrons. The lowest BCUT2D eigenvalue weighted by atomic mass is 10.2. The number of piperazine rings is 1. The monoisotopic (exact) mass is 465 g/mol. The number of anilines is 2. The van der Waals surface area contributed by atoms with E-state index in [2.05, 4.69) is 10.6 Å². The largest absolute Gasteiger partial charge is 0.325 e. The first kappa shape index (κ1) is 23.0. The number of hydrogen-bond donors (Lipinski definition) is 2. The molecule has 0 spiro atoms. The SMILES string of the molecule is O=C(CN1CCN(CC(=O)Nc2ccccc2Cl)CC1)Nc1ccc(Cl)c([N+](=O)[O-])c1. The van der Waals surface area contributed by atoms with E-state index in [1.807, 2.05) is 9.80 Å². The first-order valence-electron chi connectivity index (χ1n) is 9.54. The van der Waals surface area contributed by atoms with E-state index < -0.39 is 4.92 Å². The van der Waals surface area contributed by atoms with Crippen molar-refractivity contribution in [2.24, 2.45) is 0 Å². The number of hydrogen-bond acceptors (Lipinski definition) is 6. The maximum Gasteiger partial charge on any atom is 0.289 e. The summed E-state index contributed by atoms with van der Waals surface area (Å²) in [4.78, 5) is 38.9. The van der Waals surface area contributed by atoms with Gasteiger partial charge in [0, 0.05) is 37.9 Å². The van der Waals surface area contributed by atoms with Gasteiger partial charge in [0.15, 0.2) is 0 Å². The van der Waals surface area contributed by atoms with Crippen LogP contribution in [0, 0.1) is 10.1 Å². The van der Waals surface area contributed by atoms with E-state index in [9.17, 15) is 19.7 Å². The van der Waals surface area contributed by atoms with Gasteiger partial charge < -0.3 is 10.6 Å². The molecule has 0 aromatic heterocycles. The Hall–Kier alpha value is -2.72. The number of amides is 2. The van der Waals surface area contributed by atoms with Crippen molar-refractivity contribution in [3.05, 3.63) is 62.6 Å². The molecule has 0 saturated carbocycles. The van der Waals surface area contributed by atoms with E-state index >= 15 is 0 Å². The van der Waals surface area contributed by atoms with Crippen molar-refractivity contribution < 1.29 is 14.5 Å². The molecule has 0 radical (unpaired) electrons.